The van der Waals surface area contributed by atoms with Crippen LogP contribution in [-0.2, 0) is 9.47 Å². The molecular weight excluding hydrogens is 462 g/mol. The second-order valence-corrected chi connectivity index (χ2v) is 9.39. The number of ether oxygens (including phenoxy) is 2. The van der Waals surface area contributed by atoms with E-state index in [0.29, 0.717) is 28.5 Å². The molecule has 11 heteroatoms. The molecule has 0 aromatic carbocycles. The van der Waals surface area contributed by atoms with Crippen molar-refractivity contribution in [2.75, 3.05) is 31.9 Å². The molecule has 0 aliphatic heterocycles. The molecule has 0 bridgehead atoms. The molecule has 192 valence electrons. The quantitative estimate of drug-likeness (QED) is 0.436. The third-order valence-corrected chi connectivity index (χ3v) is 7.37. The molecule has 2 aliphatic carbocycles. The Labute approximate surface area is 209 Å². The molecule has 2 fully saturated rings. The summed E-state index contributed by atoms with van der Waals surface area (Å²) in [5.74, 6) is 0.804. The zero-order chi connectivity index (χ0) is 25.2. The van der Waals surface area contributed by atoms with Gasteiger partial charge in [0.2, 0.25) is 0 Å². The average molecular weight is 496 g/mol. The summed E-state index contributed by atoms with van der Waals surface area (Å²) < 4.78 is 14.4. The number of fused-ring (bicyclic) bond motifs is 1. The fourth-order valence-corrected chi connectivity index (χ4v) is 5.20. The topological polar surface area (TPSA) is 124 Å². The summed E-state index contributed by atoms with van der Waals surface area (Å²) >= 11 is 0. The third-order valence-electron chi connectivity index (χ3n) is 7.37. The highest BCUT2D eigenvalue weighted by atomic mass is 16.5. The molecule has 3 N–H and O–H groups in total. The van der Waals surface area contributed by atoms with E-state index in [1.807, 2.05) is 12.3 Å². The lowest BCUT2D eigenvalue weighted by Crippen LogP contribution is -2.51. The molecule has 0 radical (unpaired) electrons. The van der Waals surface area contributed by atoms with Crippen molar-refractivity contribution in [3.8, 4) is 0 Å². The predicted octanol–water partition coefficient (Wildman–Crippen LogP) is 2.71. The molecule has 3 heterocycles. The molecule has 0 spiro atoms. The Morgan fingerprint density at radius 1 is 1.11 bits per heavy atom. The first-order valence-electron chi connectivity index (χ1n) is 12.4. The van der Waals surface area contributed by atoms with Gasteiger partial charge in [-0.15, -0.1) is 0 Å². The Morgan fingerprint density at radius 2 is 1.92 bits per heavy atom. The van der Waals surface area contributed by atoms with Crippen LogP contribution in [0.2, 0.25) is 0 Å². The summed E-state index contributed by atoms with van der Waals surface area (Å²) in [7, 11) is 5.12. The van der Waals surface area contributed by atoms with Crippen LogP contribution in [0.15, 0.2) is 35.4 Å². The van der Waals surface area contributed by atoms with E-state index in [2.05, 4.69) is 26.0 Å². The molecule has 3 aromatic rings. The highest BCUT2D eigenvalue weighted by Crippen LogP contribution is 2.30. The van der Waals surface area contributed by atoms with Crippen molar-refractivity contribution in [1.82, 2.24) is 24.5 Å². The van der Waals surface area contributed by atoms with Crippen LogP contribution < -0.4 is 21.5 Å². The van der Waals surface area contributed by atoms with E-state index in [9.17, 15) is 9.59 Å². The maximum Gasteiger partial charge on any atom is 0.274 e. The van der Waals surface area contributed by atoms with E-state index in [4.69, 9.17) is 9.47 Å². The Morgan fingerprint density at radius 3 is 2.64 bits per heavy atom. The minimum Gasteiger partial charge on any atom is -0.379 e. The number of nitrogens with one attached hydrogen (secondary N) is 3. The van der Waals surface area contributed by atoms with Crippen molar-refractivity contribution in [3.63, 3.8) is 0 Å². The number of anilines is 3. The van der Waals surface area contributed by atoms with Gasteiger partial charge in [0, 0.05) is 33.5 Å². The SMILES string of the molecule is CNc1cc(Nc2cccn([C@@H]3CCCC[C@@H]3OC)c2=O)nc2c(C(=O)N[C@@H]3CC[C@H]3OC)cnn12. The molecule has 2 aliphatic rings. The smallest absolute Gasteiger partial charge is 0.274 e. The molecule has 5 rings (SSSR count). The number of carbonyl (C=O) groups excluding carboxylic acids is 1. The first kappa shape index (κ1) is 24.3. The second kappa shape index (κ2) is 10.3. The van der Waals surface area contributed by atoms with Crippen LogP contribution in [0.25, 0.3) is 5.65 Å². The monoisotopic (exact) mass is 495 g/mol. The Balaban J connectivity index is 1.45. The van der Waals surface area contributed by atoms with E-state index in [1.54, 1.807) is 42.5 Å². The molecule has 11 nitrogen and oxygen atoms in total. The molecule has 3 aromatic heterocycles. The van der Waals surface area contributed by atoms with E-state index >= 15 is 0 Å². The molecule has 0 saturated heterocycles. The van der Waals surface area contributed by atoms with Gasteiger partial charge in [-0.25, -0.2) is 4.98 Å². The van der Waals surface area contributed by atoms with Gasteiger partial charge in [-0.1, -0.05) is 12.8 Å². The second-order valence-electron chi connectivity index (χ2n) is 9.39. The highest BCUT2D eigenvalue weighted by Gasteiger charge is 2.33. The Kier molecular flexibility index (Phi) is 6.92. The van der Waals surface area contributed by atoms with Gasteiger partial charge in [0.05, 0.1) is 30.5 Å². The summed E-state index contributed by atoms with van der Waals surface area (Å²) in [6.45, 7) is 0. The van der Waals surface area contributed by atoms with Gasteiger partial charge >= 0.3 is 0 Å². The Bertz CT molecular complexity index is 1300. The van der Waals surface area contributed by atoms with Crippen molar-refractivity contribution in [1.29, 1.82) is 0 Å². The van der Waals surface area contributed by atoms with Crippen LogP contribution in [0, 0.1) is 0 Å². The summed E-state index contributed by atoms with van der Waals surface area (Å²) in [4.78, 5) is 31.1. The number of amides is 1. The lowest BCUT2D eigenvalue weighted by molar-refractivity contribution is 0.00732. The van der Waals surface area contributed by atoms with Crippen molar-refractivity contribution >= 4 is 28.9 Å². The van der Waals surface area contributed by atoms with Gasteiger partial charge in [0.1, 0.15) is 22.9 Å². The van der Waals surface area contributed by atoms with Crippen LogP contribution in [0.5, 0.6) is 0 Å². The number of methoxy groups -OCH3 is 2. The van der Waals surface area contributed by atoms with Crippen molar-refractivity contribution in [3.05, 3.63) is 46.5 Å². The summed E-state index contributed by atoms with van der Waals surface area (Å²) in [6.07, 6.45) is 9.16. The maximum absolute atomic E-state index is 13.4. The number of aromatic nitrogens is 4. The van der Waals surface area contributed by atoms with Crippen molar-refractivity contribution < 1.29 is 14.3 Å². The summed E-state index contributed by atoms with van der Waals surface area (Å²) in [6, 6.07) is 5.31. The number of carbonyl (C=O) groups is 1. The average Bonchev–Trinajstić information content (AvgIpc) is 3.31. The van der Waals surface area contributed by atoms with Crippen LogP contribution in [0.4, 0.5) is 17.3 Å². The Hall–Kier alpha value is -3.44. The van der Waals surface area contributed by atoms with Crippen LogP contribution in [0.1, 0.15) is 54.9 Å². The predicted molar refractivity (Wildman–Crippen MR) is 136 cm³/mol. The summed E-state index contributed by atoms with van der Waals surface area (Å²) in [5, 5.41) is 13.6. The molecule has 4 atom stereocenters. The van der Waals surface area contributed by atoms with Gasteiger partial charge in [-0.05, 0) is 37.8 Å². The molecule has 2 saturated carbocycles. The van der Waals surface area contributed by atoms with Gasteiger partial charge in [0.15, 0.2) is 5.65 Å². The van der Waals surface area contributed by atoms with E-state index in [-0.39, 0.29) is 35.8 Å². The minimum atomic E-state index is -0.256. The first-order chi connectivity index (χ1) is 17.5. The van der Waals surface area contributed by atoms with Crippen LogP contribution in [-0.4, -0.2) is 64.6 Å². The zero-order valence-corrected chi connectivity index (χ0v) is 20.9. The zero-order valence-electron chi connectivity index (χ0n) is 20.9. The first-order valence-corrected chi connectivity index (χ1v) is 12.4. The van der Waals surface area contributed by atoms with Crippen molar-refractivity contribution in [2.24, 2.45) is 0 Å². The van der Waals surface area contributed by atoms with Crippen molar-refractivity contribution in [2.45, 2.75) is 62.8 Å². The van der Waals surface area contributed by atoms with Gasteiger partial charge in [0.25, 0.3) is 11.5 Å². The fourth-order valence-electron chi connectivity index (χ4n) is 5.20. The van der Waals surface area contributed by atoms with E-state index in [1.165, 1.54) is 6.20 Å². The fraction of sp³-hybridized carbons (Fsp3) is 0.520. The lowest BCUT2D eigenvalue weighted by Gasteiger charge is -2.35. The summed E-state index contributed by atoms with van der Waals surface area (Å²) in [5.41, 5.74) is 1.01. The molecule has 1 amide bonds. The maximum atomic E-state index is 13.4. The van der Waals surface area contributed by atoms with Gasteiger partial charge in [-0.2, -0.15) is 9.61 Å². The lowest BCUT2D eigenvalue weighted by atomic mass is 9.89. The standard InChI is InChI=1S/C25H33N7O4/c1-26-22-13-21(28-17-7-6-12-31(25(17)34)18-8-4-5-9-20(18)36-3)30-23-15(14-27-32(22)23)24(33)29-16-10-11-19(16)35-2/h6-7,12-14,16,18-20,26H,4-5,8-11H2,1-3H3,(H,28,30)(H,29,33)/t16-,18-,19-,20+/m1/s1. The molecular formula is C25H33N7O4. The van der Waals surface area contributed by atoms with Crippen LogP contribution >= 0.6 is 0 Å². The molecule has 0 unspecified atom stereocenters. The number of rotatable bonds is 8. The highest BCUT2D eigenvalue weighted by molar-refractivity contribution is 6.00. The van der Waals surface area contributed by atoms with Gasteiger partial charge in [-0.3, -0.25) is 9.59 Å². The number of nitrogens with zero attached hydrogens (tertiary/aromatic N) is 4. The number of pyridine rings is 1. The van der Waals surface area contributed by atoms with E-state index < -0.39 is 0 Å². The van der Waals surface area contributed by atoms with E-state index in [0.717, 1.165) is 38.5 Å². The largest absolute Gasteiger partial charge is 0.379 e. The van der Waals surface area contributed by atoms with Crippen LogP contribution in [0.3, 0.4) is 0 Å². The normalized spacial score (nSPS) is 23.8. The molecule has 36 heavy (non-hydrogen) atoms. The minimum absolute atomic E-state index is 0.00568. The third kappa shape index (κ3) is 4.44. The van der Waals surface area contributed by atoms with Gasteiger partial charge < -0.3 is 30.0 Å². The number of hydrogen-bond donors (Lipinski definition) is 3. The number of hydrogen-bond acceptors (Lipinski definition) is 8.